The molecule has 0 aromatic carbocycles. The molecule has 1 aliphatic rings. The summed E-state index contributed by atoms with van der Waals surface area (Å²) in [6.07, 6.45) is 7.79. The number of aromatic nitrogens is 3. The first kappa shape index (κ1) is 22.3. The molecule has 1 saturated carbocycles. The standard InChI is InChI=1S/C19H34N6O3/c1-3-11-28-19-23-17(21-10-13-27-15-14-26-12-9-20)22-18(24-19)25(2)16-7-5-4-6-8-16/h3,16H,1,4-15,20H2,2H3,(H,21,22,23,24). The molecule has 1 heterocycles. The van der Waals surface area contributed by atoms with Crippen molar-refractivity contribution in [1.29, 1.82) is 0 Å². The lowest BCUT2D eigenvalue weighted by Crippen LogP contribution is -2.35. The van der Waals surface area contributed by atoms with Crippen LogP contribution < -0.4 is 20.7 Å². The van der Waals surface area contributed by atoms with Crippen molar-refractivity contribution in [2.24, 2.45) is 5.73 Å². The van der Waals surface area contributed by atoms with Crippen LogP contribution >= 0.6 is 0 Å². The number of nitrogens with zero attached hydrogens (tertiary/aromatic N) is 4. The molecule has 158 valence electrons. The SMILES string of the molecule is C=CCOc1nc(NCCOCCOCCN)nc(N(C)C2CCCCC2)n1. The topological polar surface area (TPSA) is 108 Å². The molecule has 28 heavy (non-hydrogen) atoms. The minimum absolute atomic E-state index is 0.297. The van der Waals surface area contributed by atoms with E-state index in [4.69, 9.17) is 19.9 Å². The Morgan fingerprint density at radius 1 is 1.11 bits per heavy atom. The number of ether oxygens (including phenoxy) is 3. The number of hydrogen-bond acceptors (Lipinski definition) is 9. The summed E-state index contributed by atoms with van der Waals surface area (Å²) in [4.78, 5) is 15.5. The molecule has 0 radical (unpaired) electrons. The smallest absolute Gasteiger partial charge is 0.323 e. The number of nitrogens with one attached hydrogen (secondary N) is 1. The molecule has 1 aromatic heterocycles. The van der Waals surface area contributed by atoms with E-state index in [9.17, 15) is 0 Å². The van der Waals surface area contributed by atoms with E-state index in [1.807, 2.05) is 7.05 Å². The maximum absolute atomic E-state index is 5.55. The van der Waals surface area contributed by atoms with Crippen LogP contribution in [-0.2, 0) is 9.47 Å². The molecule has 1 aliphatic carbocycles. The fourth-order valence-electron chi connectivity index (χ4n) is 3.05. The number of rotatable bonds is 14. The minimum atomic E-state index is 0.297. The Balaban J connectivity index is 1.89. The quantitative estimate of drug-likeness (QED) is 0.359. The lowest BCUT2D eigenvalue weighted by Gasteiger charge is -2.31. The lowest BCUT2D eigenvalue weighted by atomic mass is 9.95. The van der Waals surface area contributed by atoms with E-state index in [0.29, 0.717) is 70.1 Å². The van der Waals surface area contributed by atoms with E-state index < -0.39 is 0 Å². The first-order valence-electron chi connectivity index (χ1n) is 10.1. The second-order valence-electron chi connectivity index (χ2n) is 6.68. The van der Waals surface area contributed by atoms with Crippen LogP contribution in [0.4, 0.5) is 11.9 Å². The number of nitrogens with two attached hydrogens (primary N) is 1. The summed E-state index contributed by atoms with van der Waals surface area (Å²) in [5.41, 5.74) is 5.36. The zero-order chi connectivity index (χ0) is 20.0. The Bertz CT molecular complexity index is 569. The largest absolute Gasteiger partial charge is 0.459 e. The third-order valence-electron chi connectivity index (χ3n) is 4.53. The second kappa shape index (κ2) is 13.2. The minimum Gasteiger partial charge on any atom is -0.459 e. The third kappa shape index (κ3) is 7.95. The molecule has 9 heteroatoms. The molecule has 0 saturated heterocycles. The third-order valence-corrected chi connectivity index (χ3v) is 4.53. The molecule has 9 nitrogen and oxygen atoms in total. The van der Waals surface area contributed by atoms with Gasteiger partial charge < -0.3 is 30.2 Å². The van der Waals surface area contributed by atoms with Crippen molar-refractivity contribution < 1.29 is 14.2 Å². The van der Waals surface area contributed by atoms with Gasteiger partial charge in [0.2, 0.25) is 11.9 Å². The van der Waals surface area contributed by atoms with Gasteiger partial charge in [0.15, 0.2) is 0 Å². The summed E-state index contributed by atoms with van der Waals surface area (Å²) in [7, 11) is 2.04. The summed E-state index contributed by atoms with van der Waals surface area (Å²) in [6, 6.07) is 0.749. The summed E-state index contributed by atoms with van der Waals surface area (Å²) >= 11 is 0. The van der Waals surface area contributed by atoms with E-state index >= 15 is 0 Å². The molecule has 0 bridgehead atoms. The van der Waals surface area contributed by atoms with Crippen LogP contribution in [0.2, 0.25) is 0 Å². The highest BCUT2D eigenvalue weighted by Crippen LogP contribution is 2.25. The van der Waals surface area contributed by atoms with Gasteiger partial charge in [-0.05, 0) is 12.8 Å². The molecular formula is C19H34N6O3. The van der Waals surface area contributed by atoms with Gasteiger partial charge >= 0.3 is 6.01 Å². The Hall–Kier alpha value is -1.97. The van der Waals surface area contributed by atoms with Gasteiger partial charge in [0, 0.05) is 26.2 Å². The average Bonchev–Trinajstić information content (AvgIpc) is 2.74. The molecular weight excluding hydrogens is 360 g/mol. The van der Waals surface area contributed by atoms with Crippen molar-refractivity contribution in [2.75, 3.05) is 63.4 Å². The van der Waals surface area contributed by atoms with Crippen molar-refractivity contribution in [2.45, 2.75) is 38.1 Å². The molecule has 0 unspecified atom stereocenters. The summed E-state index contributed by atoms with van der Waals surface area (Å²) in [5.74, 6) is 1.11. The van der Waals surface area contributed by atoms with Crippen LogP contribution in [0.15, 0.2) is 12.7 Å². The van der Waals surface area contributed by atoms with Gasteiger partial charge in [0.1, 0.15) is 6.61 Å². The predicted octanol–water partition coefficient (Wildman–Crippen LogP) is 1.61. The highest BCUT2D eigenvalue weighted by atomic mass is 16.5. The van der Waals surface area contributed by atoms with Gasteiger partial charge in [-0.3, -0.25) is 0 Å². The zero-order valence-electron chi connectivity index (χ0n) is 16.9. The summed E-state index contributed by atoms with van der Waals surface area (Å²) in [5, 5.41) is 3.18. The van der Waals surface area contributed by atoms with Crippen LogP contribution in [-0.4, -0.2) is 74.2 Å². The van der Waals surface area contributed by atoms with Gasteiger partial charge in [-0.2, -0.15) is 15.0 Å². The van der Waals surface area contributed by atoms with Crippen LogP contribution in [0.1, 0.15) is 32.1 Å². The highest BCUT2D eigenvalue weighted by molar-refractivity contribution is 5.38. The van der Waals surface area contributed by atoms with Crippen LogP contribution in [0.3, 0.4) is 0 Å². The molecule has 2 rings (SSSR count). The molecule has 1 aromatic rings. The summed E-state index contributed by atoms with van der Waals surface area (Å²) < 4.78 is 16.3. The fourth-order valence-corrected chi connectivity index (χ4v) is 3.05. The van der Waals surface area contributed by atoms with Gasteiger partial charge in [-0.1, -0.05) is 31.9 Å². The van der Waals surface area contributed by atoms with Crippen molar-refractivity contribution >= 4 is 11.9 Å². The monoisotopic (exact) mass is 394 g/mol. The molecule has 1 fully saturated rings. The van der Waals surface area contributed by atoms with Crippen LogP contribution in [0.25, 0.3) is 0 Å². The molecule has 0 aliphatic heterocycles. The van der Waals surface area contributed by atoms with Crippen LogP contribution in [0, 0.1) is 0 Å². The molecule has 0 amide bonds. The first-order chi connectivity index (χ1) is 13.7. The molecule has 0 spiro atoms. The number of anilines is 2. The van der Waals surface area contributed by atoms with E-state index in [1.165, 1.54) is 19.3 Å². The highest BCUT2D eigenvalue weighted by Gasteiger charge is 2.21. The Labute approximate surface area is 167 Å². The molecule has 0 atom stereocenters. The maximum Gasteiger partial charge on any atom is 0.323 e. The van der Waals surface area contributed by atoms with Gasteiger partial charge in [-0.15, -0.1) is 0 Å². The van der Waals surface area contributed by atoms with Crippen molar-refractivity contribution in [3.63, 3.8) is 0 Å². The summed E-state index contributed by atoms with van der Waals surface area (Å²) in [6.45, 7) is 7.26. The van der Waals surface area contributed by atoms with E-state index in [2.05, 4.69) is 31.7 Å². The second-order valence-corrected chi connectivity index (χ2v) is 6.68. The zero-order valence-corrected chi connectivity index (χ0v) is 16.9. The number of hydrogen-bond donors (Lipinski definition) is 2. The fraction of sp³-hybridized carbons (Fsp3) is 0.737. The lowest BCUT2D eigenvalue weighted by molar-refractivity contribution is 0.0547. The first-order valence-corrected chi connectivity index (χ1v) is 10.1. The average molecular weight is 395 g/mol. The van der Waals surface area contributed by atoms with Gasteiger partial charge in [-0.25, -0.2) is 0 Å². The Kier molecular flexibility index (Phi) is 10.6. The van der Waals surface area contributed by atoms with Gasteiger partial charge in [0.25, 0.3) is 0 Å². The van der Waals surface area contributed by atoms with Crippen molar-refractivity contribution in [3.8, 4) is 6.01 Å². The van der Waals surface area contributed by atoms with Crippen molar-refractivity contribution in [3.05, 3.63) is 12.7 Å². The van der Waals surface area contributed by atoms with Crippen molar-refractivity contribution in [1.82, 2.24) is 15.0 Å². The maximum atomic E-state index is 5.55. The normalized spacial score (nSPS) is 14.6. The van der Waals surface area contributed by atoms with Gasteiger partial charge in [0.05, 0.1) is 26.4 Å². The van der Waals surface area contributed by atoms with E-state index in [-0.39, 0.29) is 0 Å². The Morgan fingerprint density at radius 2 is 1.86 bits per heavy atom. The Morgan fingerprint density at radius 3 is 2.57 bits per heavy atom. The molecule has 3 N–H and O–H groups in total. The van der Waals surface area contributed by atoms with E-state index in [1.54, 1.807) is 6.08 Å². The van der Waals surface area contributed by atoms with Crippen LogP contribution in [0.5, 0.6) is 6.01 Å². The predicted molar refractivity (Wildman–Crippen MR) is 110 cm³/mol. The van der Waals surface area contributed by atoms with E-state index in [0.717, 1.165) is 12.8 Å².